The monoisotopic (exact) mass is 283 g/mol. The molecule has 1 radical (unpaired) electrons. The average molecular weight is 284 g/mol. The Labute approximate surface area is 113 Å². The summed E-state index contributed by atoms with van der Waals surface area (Å²) in [6.07, 6.45) is 7.38. The molecule has 0 aliphatic heterocycles. The molecule has 1 nitrogen and oxygen atoms in total. The van der Waals surface area contributed by atoms with Gasteiger partial charge in [0.05, 0.1) is 0 Å². The predicted molar refractivity (Wildman–Crippen MR) is 76.1 cm³/mol. The molecule has 0 N–H and O–H groups in total. The van der Waals surface area contributed by atoms with Gasteiger partial charge in [-0.3, -0.25) is 0 Å². The molecule has 0 saturated heterocycles. The van der Waals surface area contributed by atoms with Crippen LogP contribution in [0.25, 0.3) is 0 Å². The molecule has 0 aliphatic carbocycles. The van der Waals surface area contributed by atoms with Crippen molar-refractivity contribution in [1.82, 2.24) is 0 Å². The molecule has 0 fully saturated rings. The van der Waals surface area contributed by atoms with Crippen LogP contribution >= 0.6 is 23.2 Å². The summed E-state index contributed by atoms with van der Waals surface area (Å²) in [4.78, 5) is 0. The van der Waals surface area contributed by atoms with E-state index in [1.54, 1.807) is 0 Å². The van der Waals surface area contributed by atoms with Crippen LogP contribution < -0.4 is 0 Å². The highest BCUT2D eigenvalue weighted by atomic mass is 35.5. The average Bonchev–Trinajstić information content (AvgIpc) is 2.30. The molecular weight excluding hydrogens is 259 g/mol. The van der Waals surface area contributed by atoms with Gasteiger partial charge in [0.25, 0.3) is 0 Å². The fraction of sp³-hybridized carbons (Fsp3) is 1.00. The van der Waals surface area contributed by atoms with Crippen LogP contribution in [0.4, 0.5) is 0 Å². The minimum absolute atomic E-state index is 0.543. The second kappa shape index (κ2) is 13.8. The first-order valence-electron chi connectivity index (χ1n) is 6.44. The van der Waals surface area contributed by atoms with Crippen LogP contribution in [0.3, 0.4) is 0 Å². The molecule has 0 unspecified atom stereocenters. The summed E-state index contributed by atoms with van der Waals surface area (Å²) in [6, 6.07) is 2.58. The van der Waals surface area contributed by atoms with E-state index in [1.807, 2.05) is 0 Å². The SMILES string of the molecule is CCO[Si](CCCCCCl)CCCCCCl. The fourth-order valence-corrected chi connectivity index (χ4v) is 4.27. The van der Waals surface area contributed by atoms with Gasteiger partial charge in [-0.25, -0.2) is 0 Å². The van der Waals surface area contributed by atoms with Crippen LogP contribution in [0.2, 0.25) is 12.1 Å². The summed E-state index contributed by atoms with van der Waals surface area (Å²) in [7, 11) is -0.543. The van der Waals surface area contributed by atoms with E-state index in [0.29, 0.717) is 0 Å². The predicted octanol–water partition coefficient (Wildman–Crippen LogP) is 4.83. The fourth-order valence-electron chi connectivity index (χ4n) is 1.66. The van der Waals surface area contributed by atoms with Gasteiger partial charge in [-0.2, -0.15) is 0 Å². The topological polar surface area (TPSA) is 9.23 Å². The van der Waals surface area contributed by atoms with E-state index in [0.717, 1.165) is 31.2 Å². The van der Waals surface area contributed by atoms with E-state index in [1.165, 1.54) is 37.8 Å². The first-order valence-corrected chi connectivity index (χ1v) is 9.33. The quantitative estimate of drug-likeness (QED) is 0.283. The molecule has 97 valence electrons. The number of halogens is 2. The number of unbranched alkanes of at least 4 members (excludes halogenated alkanes) is 4. The van der Waals surface area contributed by atoms with Gasteiger partial charge in [0, 0.05) is 18.4 Å². The number of hydrogen-bond donors (Lipinski definition) is 0. The Bertz CT molecular complexity index is 124. The van der Waals surface area contributed by atoms with Crippen molar-refractivity contribution >= 4 is 32.2 Å². The molecule has 0 amide bonds. The van der Waals surface area contributed by atoms with E-state index in [2.05, 4.69) is 6.92 Å². The summed E-state index contributed by atoms with van der Waals surface area (Å²) < 4.78 is 5.84. The van der Waals surface area contributed by atoms with Gasteiger partial charge in [0.15, 0.2) is 0 Å². The van der Waals surface area contributed by atoms with Crippen molar-refractivity contribution in [2.45, 2.75) is 57.5 Å². The van der Waals surface area contributed by atoms with Crippen molar-refractivity contribution in [2.75, 3.05) is 18.4 Å². The van der Waals surface area contributed by atoms with Crippen molar-refractivity contribution in [3.05, 3.63) is 0 Å². The molecule has 0 saturated carbocycles. The second-order valence-electron chi connectivity index (χ2n) is 3.97. The normalized spacial score (nSPS) is 11.2. The van der Waals surface area contributed by atoms with Crippen molar-refractivity contribution in [1.29, 1.82) is 0 Å². The molecule has 0 aromatic rings. The lowest BCUT2D eigenvalue weighted by Gasteiger charge is -2.13. The molecule has 16 heavy (non-hydrogen) atoms. The Morgan fingerprint density at radius 2 is 1.31 bits per heavy atom. The molecule has 0 heterocycles. The third-order valence-corrected chi connectivity index (χ3v) is 5.58. The molecule has 0 aromatic heterocycles. The minimum atomic E-state index is -0.543. The first-order chi connectivity index (χ1) is 7.85. The first kappa shape index (κ1) is 16.8. The van der Waals surface area contributed by atoms with Crippen molar-refractivity contribution in [3.63, 3.8) is 0 Å². The van der Waals surface area contributed by atoms with Crippen molar-refractivity contribution in [2.24, 2.45) is 0 Å². The van der Waals surface area contributed by atoms with Gasteiger partial charge in [0.2, 0.25) is 9.04 Å². The van der Waals surface area contributed by atoms with E-state index >= 15 is 0 Å². The van der Waals surface area contributed by atoms with Crippen LogP contribution in [-0.2, 0) is 4.43 Å². The lowest BCUT2D eigenvalue weighted by molar-refractivity contribution is 0.338. The Kier molecular flexibility index (Phi) is 14.5. The van der Waals surface area contributed by atoms with Gasteiger partial charge in [-0.15, -0.1) is 23.2 Å². The third kappa shape index (κ3) is 11.2. The van der Waals surface area contributed by atoms with Gasteiger partial charge >= 0.3 is 0 Å². The second-order valence-corrected chi connectivity index (χ2v) is 7.09. The summed E-state index contributed by atoms with van der Waals surface area (Å²) in [5.74, 6) is 1.60. The Hall–Kier alpha value is 0.757. The zero-order chi connectivity index (χ0) is 12.1. The van der Waals surface area contributed by atoms with Crippen LogP contribution in [0, 0.1) is 0 Å². The molecule has 0 spiro atoms. The summed E-state index contributed by atoms with van der Waals surface area (Å²) in [5, 5.41) is 0. The minimum Gasteiger partial charge on any atom is -0.417 e. The highest BCUT2D eigenvalue weighted by Gasteiger charge is 2.11. The number of alkyl halides is 2. The van der Waals surface area contributed by atoms with E-state index in [-0.39, 0.29) is 0 Å². The standard InChI is InChI=1S/C12H25Cl2OSi/c1-2-15-16(11-7-3-5-9-13)12-8-4-6-10-14/h2-12H2,1H3. The van der Waals surface area contributed by atoms with Crippen LogP contribution in [0.15, 0.2) is 0 Å². The van der Waals surface area contributed by atoms with Crippen molar-refractivity contribution < 1.29 is 4.43 Å². The lowest BCUT2D eigenvalue weighted by Crippen LogP contribution is -2.17. The lowest BCUT2D eigenvalue weighted by atomic mass is 10.3. The van der Waals surface area contributed by atoms with Gasteiger partial charge in [-0.05, 0) is 31.9 Å². The van der Waals surface area contributed by atoms with Crippen LogP contribution in [0.5, 0.6) is 0 Å². The highest BCUT2D eigenvalue weighted by molar-refractivity contribution is 6.51. The third-order valence-electron chi connectivity index (χ3n) is 2.53. The van der Waals surface area contributed by atoms with E-state index < -0.39 is 9.04 Å². The van der Waals surface area contributed by atoms with Gasteiger partial charge < -0.3 is 4.43 Å². The molecule has 0 aromatic carbocycles. The molecule has 0 rings (SSSR count). The molecular formula is C12H25Cl2OSi. The zero-order valence-electron chi connectivity index (χ0n) is 10.4. The highest BCUT2D eigenvalue weighted by Crippen LogP contribution is 2.13. The Morgan fingerprint density at radius 1 is 0.812 bits per heavy atom. The molecule has 4 heteroatoms. The Balaban J connectivity index is 3.45. The number of rotatable bonds is 12. The number of hydrogen-bond acceptors (Lipinski definition) is 1. The maximum Gasteiger partial charge on any atom is 0.211 e. The summed E-state index contributed by atoms with van der Waals surface area (Å²) >= 11 is 11.3. The smallest absolute Gasteiger partial charge is 0.211 e. The van der Waals surface area contributed by atoms with E-state index in [4.69, 9.17) is 27.6 Å². The van der Waals surface area contributed by atoms with Crippen LogP contribution in [0.1, 0.15) is 45.4 Å². The van der Waals surface area contributed by atoms with Gasteiger partial charge in [-0.1, -0.05) is 25.7 Å². The molecule has 0 aliphatic rings. The maximum absolute atomic E-state index is 5.84. The summed E-state index contributed by atoms with van der Waals surface area (Å²) in [6.45, 7) is 2.97. The Morgan fingerprint density at radius 3 is 1.69 bits per heavy atom. The zero-order valence-corrected chi connectivity index (χ0v) is 13.0. The van der Waals surface area contributed by atoms with Crippen LogP contribution in [-0.4, -0.2) is 27.4 Å². The maximum atomic E-state index is 5.84. The molecule has 0 bridgehead atoms. The molecule has 0 atom stereocenters. The van der Waals surface area contributed by atoms with E-state index in [9.17, 15) is 0 Å². The van der Waals surface area contributed by atoms with Crippen molar-refractivity contribution in [3.8, 4) is 0 Å². The van der Waals surface area contributed by atoms with Gasteiger partial charge in [0.1, 0.15) is 0 Å². The summed E-state index contributed by atoms with van der Waals surface area (Å²) in [5.41, 5.74) is 0. The largest absolute Gasteiger partial charge is 0.417 e.